The van der Waals surface area contributed by atoms with Gasteiger partial charge in [-0.1, -0.05) is 72.8 Å². The van der Waals surface area contributed by atoms with Gasteiger partial charge in [0.2, 0.25) is 0 Å². The first-order chi connectivity index (χ1) is 12.3. The number of hydrogen-bond donors (Lipinski definition) is 1. The van der Waals surface area contributed by atoms with E-state index in [4.69, 9.17) is 5.73 Å². The van der Waals surface area contributed by atoms with Crippen LogP contribution in [0, 0.1) is 0 Å². The lowest BCUT2D eigenvalue weighted by molar-refractivity contribution is 0.834. The van der Waals surface area contributed by atoms with Gasteiger partial charge in [-0.25, -0.2) is 0 Å². The SMILES string of the molecule is Nc1ccc2c3c(c4ccccc4c2c1)C=CC(c1ccccc1)C3. The zero-order valence-corrected chi connectivity index (χ0v) is 13.9. The van der Waals surface area contributed by atoms with Crippen LogP contribution in [0.4, 0.5) is 5.69 Å². The molecule has 0 amide bonds. The molecule has 1 unspecified atom stereocenters. The molecule has 0 fully saturated rings. The maximum absolute atomic E-state index is 6.10. The molecule has 0 aliphatic heterocycles. The van der Waals surface area contributed by atoms with Crippen molar-refractivity contribution in [1.29, 1.82) is 0 Å². The number of anilines is 1. The maximum atomic E-state index is 6.10. The van der Waals surface area contributed by atoms with Crippen LogP contribution < -0.4 is 5.73 Å². The van der Waals surface area contributed by atoms with Gasteiger partial charge < -0.3 is 5.73 Å². The standard InChI is InChI=1S/C24H19N/c25-18-11-13-22-23-14-17(16-6-2-1-3-7-16)10-12-21(23)19-8-4-5-9-20(19)24(22)15-18/h1-13,15,17H,14,25H2. The molecule has 2 N–H and O–H groups in total. The summed E-state index contributed by atoms with van der Waals surface area (Å²) in [5.41, 5.74) is 11.1. The molecule has 1 aliphatic carbocycles. The van der Waals surface area contributed by atoms with Crippen LogP contribution in [0.25, 0.3) is 27.6 Å². The Labute approximate surface area is 147 Å². The van der Waals surface area contributed by atoms with Crippen LogP contribution in [0.2, 0.25) is 0 Å². The second-order valence-electron chi connectivity index (χ2n) is 6.82. The van der Waals surface area contributed by atoms with E-state index in [-0.39, 0.29) is 0 Å². The number of allylic oxidation sites excluding steroid dienone is 1. The summed E-state index contributed by atoms with van der Waals surface area (Å²) >= 11 is 0. The molecule has 0 heterocycles. The Kier molecular flexibility index (Phi) is 3.14. The van der Waals surface area contributed by atoms with E-state index in [0.717, 1.165) is 12.1 Å². The maximum Gasteiger partial charge on any atom is 0.0320 e. The van der Waals surface area contributed by atoms with Crippen molar-refractivity contribution in [3.05, 3.63) is 95.6 Å². The molecule has 4 aromatic carbocycles. The van der Waals surface area contributed by atoms with Crippen LogP contribution >= 0.6 is 0 Å². The minimum Gasteiger partial charge on any atom is -0.399 e. The van der Waals surface area contributed by atoms with Crippen LogP contribution in [0.5, 0.6) is 0 Å². The molecule has 0 spiro atoms. The summed E-state index contributed by atoms with van der Waals surface area (Å²) in [5.74, 6) is 0.426. The first-order valence-corrected chi connectivity index (χ1v) is 8.77. The predicted molar refractivity (Wildman–Crippen MR) is 108 cm³/mol. The molecule has 1 heteroatoms. The van der Waals surface area contributed by atoms with Crippen LogP contribution in [-0.2, 0) is 6.42 Å². The van der Waals surface area contributed by atoms with Gasteiger partial charge in [0.05, 0.1) is 0 Å². The summed E-state index contributed by atoms with van der Waals surface area (Å²) in [4.78, 5) is 0. The molecular weight excluding hydrogens is 302 g/mol. The fourth-order valence-electron chi connectivity index (χ4n) is 4.15. The van der Waals surface area contributed by atoms with Crippen LogP contribution in [0.15, 0.2) is 78.9 Å². The van der Waals surface area contributed by atoms with Crippen molar-refractivity contribution in [2.75, 3.05) is 5.73 Å². The predicted octanol–water partition coefficient (Wildman–Crippen LogP) is 5.93. The molecule has 4 aromatic rings. The summed E-state index contributed by atoms with van der Waals surface area (Å²) in [6.45, 7) is 0. The minimum absolute atomic E-state index is 0.426. The van der Waals surface area contributed by atoms with Crippen LogP contribution in [0.1, 0.15) is 22.6 Å². The highest BCUT2D eigenvalue weighted by Gasteiger charge is 2.20. The largest absolute Gasteiger partial charge is 0.399 e. The lowest BCUT2D eigenvalue weighted by atomic mass is 9.80. The van der Waals surface area contributed by atoms with Crippen LogP contribution in [0.3, 0.4) is 0 Å². The average Bonchev–Trinajstić information content (AvgIpc) is 2.68. The molecular formula is C24H19N. The van der Waals surface area contributed by atoms with Crippen LogP contribution in [-0.4, -0.2) is 0 Å². The number of fused-ring (bicyclic) bond motifs is 6. The number of nitrogens with two attached hydrogens (primary N) is 1. The Hall–Kier alpha value is -3.06. The van der Waals surface area contributed by atoms with Gasteiger partial charge >= 0.3 is 0 Å². The first-order valence-electron chi connectivity index (χ1n) is 8.77. The van der Waals surface area contributed by atoms with Crippen molar-refractivity contribution in [3.8, 4) is 0 Å². The van der Waals surface area contributed by atoms with Gasteiger partial charge in [-0.05, 0) is 56.8 Å². The molecule has 0 saturated heterocycles. The lowest BCUT2D eigenvalue weighted by Crippen LogP contribution is -2.07. The quantitative estimate of drug-likeness (QED) is 0.341. The zero-order valence-electron chi connectivity index (χ0n) is 13.9. The van der Waals surface area contributed by atoms with Crippen molar-refractivity contribution < 1.29 is 0 Å². The van der Waals surface area contributed by atoms with Gasteiger partial charge in [-0.2, -0.15) is 0 Å². The number of hydrogen-bond acceptors (Lipinski definition) is 1. The Morgan fingerprint density at radius 1 is 0.720 bits per heavy atom. The second kappa shape index (κ2) is 5.49. The topological polar surface area (TPSA) is 26.0 Å². The van der Waals surface area contributed by atoms with E-state index < -0.39 is 0 Å². The molecule has 25 heavy (non-hydrogen) atoms. The van der Waals surface area contributed by atoms with Crippen molar-refractivity contribution >= 4 is 33.3 Å². The molecule has 0 aromatic heterocycles. The third-order valence-corrected chi connectivity index (χ3v) is 5.35. The summed E-state index contributed by atoms with van der Waals surface area (Å²) in [6.07, 6.45) is 5.70. The minimum atomic E-state index is 0.426. The average molecular weight is 321 g/mol. The van der Waals surface area contributed by atoms with Gasteiger partial charge in [0.25, 0.3) is 0 Å². The van der Waals surface area contributed by atoms with Gasteiger partial charge in [-0.15, -0.1) is 0 Å². The van der Waals surface area contributed by atoms with Crippen molar-refractivity contribution in [1.82, 2.24) is 0 Å². The molecule has 1 nitrogen and oxygen atoms in total. The van der Waals surface area contributed by atoms with E-state index in [1.807, 2.05) is 6.07 Å². The Morgan fingerprint density at radius 2 is 1.48 bits per heavy atom. The van der Waals surface area contributed by atoms with E-state index >= 15 is 0 Å². The molecule has 0 bridgehead atoms. The van der Waals surface area contributed by atoms with Gasteiger partial charge in [-0.3, -0.25) is 0 Å². The molecule has 1 atom stereocenters. The van der Waals surface area contributed by atoms with E-state index in [9.17, 15) is 0 Å². The molecule has 120 valence electrons. The number of rotatable bonds is 1. The third-order valence-electron chi connectivity index (χ3n) is 5.35. The Morgan fingerprint density at radius 3 is 2.32 bits per heavy atom. The highest BCUT2D eigenvalue weighted by atomic mass is 14.5. The van der Waals surface area contributed by atoms with Crippen molar-refractivity contribution in [2.24, 2.45) is 0 Å². The molecule has 5 rings (SSSR count). The number of benzene rings is 4. The second-order valence-corrected chi connectivity index (χ2v) is 6.82. The van der Waals surface area contributed by atoms with E-state index in [1.165, 1.54) is 38.2 Å². The molecule has 1 aliphatic rings. The summed E-state index contributed by atoms with van der Waals surface area (Å²) < 4.78 is 0. The zero-order chi connectivity index (χ0) is 16.8. The van der Waals surface area contributed by atoms with E-state index in [1.54, 1.807) is 0 Å². The fraction of sp³-hybridized carbons (Fsp3) is 0.0833. The summed E-state index contributed by atoms with van der Waals surface area (Å²) in [7, 11) is 0. The molecule has 0 saturated carbocycles. The lowest BCUT2D eigenvalue weighted by Gasteiger charge is -2.23. The third kappa shape index (κ3) is 2.24. The van der Waals surface area contributed by atoms with E-state index in [2.05, 4.69) is 78.9 Å². The Bertz CT molecular complexity index is 1120. The van der Waals surface area contributed by atoms with Gasteiger partial charge in [0.1, 0.15) is 0 Å². The number of nitrogen functional groups attached to an aromatic ring is 1. The summed E-state index contributed by atoms with van der Waals surface area (Å²) in [6, 6.07) is 25.8. The smallest absolute Gasteiger partial charge is 0.0320 e. The highest BCUT2D eigenvalue weighted by molar-refractivity contribution is 6.13. The molecule has 0 radical (unpaired) electrons. The highest BCUT2D eigenvalue weighted by Crippen LogP contribution is 2.40. The van der Waals surface area contributed by atoms with Crippen molar-refractivity contribution in [2.45, 2.75) is 12.3 Å². The first kappa shape index (κ1) is 14.3. The summed E-state index contributed by atoms with van der Waals surface area (Å²) in [5, 5.41) is 5.19. The normalized spacial score (nSPS) is 16.2. The fourth-order valence-corrected chi connectivity index (χ4v) is 4.15. The van der Waals surface area contributed by atoms with Gasteiger partial charge in [0.15, 0.2) is 0 Å². The monoisotopic (exact) mass is 321 g/mol. The van der Waals surface area contributed by atoms with Gasteiger partial charge in [0, 0.05) is 11.6 Å². The van der Waals surface area contributed by atoms with Crippen molar-refractivity contribution in [3.63, 3.8) is 0 Å². The van der Waals surface area contributed by atoms with E-state index in [0.29, 0.717) is 5.92 Å². The Balaban J connectivity index is 1.81.